The zero-order valence-corrected chi connectivity index (χ0v) is 15.9. The lowest BCUT2D eigenvalue weighted by molar-refractivity contribution is -0.383. The summed E-state index contributed by atoms with van der Waals surface area (Å²) in [6.07, 6.45) is 6.53. The van der Waals surface area contributed by atoms with Gasteiger partial charge in [-0.2, -0.15) is 5.10 Å². The van der Waals surface area contributed by atoms with E-state index in [-0.39, 0.29) is 28.5 Å². The fourth-order valence-corrected chi connectivity index (χ4v) is 2.65. The van der Waals surface area contributed by atoms with E-state index in [1.54, 1.807) is 41.0 Å². The number of nitrogens with zero attached hydrogens (tertiary/aromatic N) is 6. The fourth-order valence-electron chi connectivity index (χ4n) is 2.65. The normalized spacial score (nSPS) is 11.0. The highest BCUT2D eigenvalue weighted by Gasteiger charge is 2.21. The first-order valence-electron chi connectivity index (χ1n) is 8.60. The monoisotopic (exact) mass is 383 g/mol. The molecule has 3 rings (SSSR count). The van der Waals surface area contributed by atoms with Crippen molar-refractivity contribution in [2.75, 3.05) is 26.0 Å². The van der Waals surface area contributed by atoms with Crippen LogP contribution in [0.25, 0.3) is 0 Å². The standard InChI is InChI=1S/C18H21N7O3/c1-22(2)8-9-24-12-14(11-20-24)21-15-5-4-13(10-16(15)25(27)28)17(26)18-19-6-7-23(18)3/h4-7,10-12,21H,8-9H2,1-3H3. The van der Waals surface area contributed by atoms with E-state index < -0.39 is 4.92 Å². The Kier molecular flexibility index (Phi) is 5.50. The first-order valence-corrected chi connectivity index (χ1v) is 8.60. The van der Waals surface area contributed by atoms with Crippen LogP contribution in [0.15, 0.2) is 43.0 Å². The first-order chi connectivity index (χ1) is 13.3. The summed E-state index contributed by atoms with van der Waals surface area (Å²) in [7, 11) is 5.64. The topological polar surface area (TPSA) is 111 Å². The van der Waals surface area contributed by atoms with Gasteiger partial charge in [0.05, 0.1) is 23.4 Å². The summed E-state index contributed by atoms with van der Waals surface area (Å²) in [4.78, 5) is 29.6. The molecule has 28 heavy (non-hydrogen) atoms. The Hall–Kier alpha value is -3.53. The summed E-state index contributed by atoms with van der Waals surface area (Å²) in [6.45, 7) is 1.53. The predicted octanol–water partition coefficient (Wildman–Crippen LogP) is 2.06. The quantitative estimate of drug-likeness (QED) is 0.360. The molecule has 0 saturated carbocycles. The maximum atomic E-state index is 12.6. The van der Waals surface area contributed by atoms with Crippen molar-refractivity contribution < 1.29 is 9.72 Å². The molecule has 3 aromatic rings. The van der Waals surface area contributed by atoms with Crippen LogP contribution in [-0.2, 0) is 13.6 Å². The molecule has 0 aliphatic heterocycles. The van der Waals surface area contributed by atoms with E-state index in [0.29, 0.717) is 12.2 Å². The van der Waals surface area contributed by atoms with Crippen molar-refractivity contribution in [3.63, 3.8) is 0 Å². The molecule has 0 aliphatic carbocycles. The van der Waals surface area contributed by atoms with Gasteiger partial charge in [0.1, 0.15) is 5.69 Å². The molecule has 2 aromatic heterocycles. The number of nitro groups is 1. The van der Waals surface area contributed by atoms with Gasteiger partial charge in [-0.15, -0.1) is 0 Å². The van der Waals surface area contributed by atoms with Gasteiger partial charge in [-0.1, -0.05) is 0 Å². The van der Waals surface area contributed by atoms with Crippen molar-refractivity contribution in [2.24, 2.45) is 7.05 Å². The molecule has 10 nitrogen and oxygen atoms in total. The molecule has 0 amide bonds. The number of carbonyl (C=O) groups is 1. The van der Waals surface area contributed by atoms with Gasteiger partial charge >= 0.3 is 0 Å². The highest BCUT2D eigenvalue weighted by atomic mass is 16.6. The van der Waals surface area contributed by atoms with Gasteiger partial charge < -0.3 is 14.8 Å². The van der Waals surface area contributed by atoms with E-state index >= 15 is 0 Å². The SMILES string of the molecule is CN(C)CCn1cc(Nc2ccc(C(=O)c3nccn3C)cc2[N+](=O)[O-])cn1. The zero-order chi connectivity index (χ0) is 20.3. The average molecular weight is 383 g/mol. The highest BCUT2D eigenvalue weighted by molar-refractivity contribution is 6.07. The number of nitrogens with one attached hydrogen (secondary N) is 1. The Labute approximate surface area is 161 Å². The number of ketones is 1. The van der Waals surface area contributed by atoms with Crippen LogP contribution in [-0.4, -0.2) is 55.6 Å². The lowest BCUT2D eigenvalue weighted by Gasteiger charge is -2.09. The summed E-state index contributed by atoms with van der Waals surface area (Å²) in [6, 6.07) is 4.32. The van der Waals surface area contributed by atoms with Crippen LogP contribution >= 0.6 is 0 Å². The molecule has 1 N–H and O–H groups in total. The Balaban J connectivity index is 1.83. The summed E-state index contributed by atoms with van der Waals surface area (Å²) < 4.78 is 3.33. The molecule has 1 aromatic carbocycles. The lowest BCUT2D eigenvalue weighted by Crippen LogP contribution is -2.18. The molecule has 10 heteroatoms. The third kappa shape index (κ3) is 4.23. The van der Waals surface area contributed by atoms with E-state index in [0.717, 1.165) is 6.54 Å². The Morgan fingerprint density at radius 2 is 2.14 bits per heavy atom. The average Bonchev–Trinajstić information content (AvgIpc) is 3.28. The molecule has 0 fully saturated rings. The van der Waals surface area contributed by atoms with Crippen molar-refractivity contribution in [1.82, 2.24) is 24.2 Å². The van der Waals surface area contributed by atoms with Crippen LogP contribution in [0.4, 0.5) is 17.1 Å². The molecule has 0 spiro atoms. The van der Waals surface area contributed by atoms with Crippen LogP contribution in [0.3, 0.4) is 0 Å². The number of imidazole rings is 1. The van der Waals surface area contributed by atoms with Crippen LogP contribution in [0.2, 0.25) is 0 Å². The van der Waals surface area contributed by atoms with Crippen LogP contribution in [0.1, 0.15) is 16.2 Å². The molecule has 146 valence electrons. The van der Waals surface area contributed by atoms with Crippen LogP contribution in [0.5, 0.6) is 0 Å². The maximum absolute atomic E-state index is 12.6. The number of likely N-dealkylation sites (N-methyl/N-ethyl adjacent to an activating group) is 1. The molecular weight excluding hydrogens is 362 g/mol. The molecule has 0 saturated heterocycles. The number of hydrogen-bond acceptors (Lipinski definition) is 7. The minimum atomic E-state index is -0.520. The Morgan fingerprint density at radius 3 is 2.79 bits per heavy atom. The number of aromatic nitrogens is 4. The first kappa shape index (κ1) is 19.2. The van der Waals surface area contributed by atoms with E-state index in [2.05, 4.69) is 15.4 Å². The van der Waals surface area contributed by atoms with Crippen LogP contribution < -0.4 is 5.32 Å². The molecule has 0 bridgehead atoms. The number of carbonyl (C=O) groups excluding carboxylic acids is 1. The molecular formula is C18H21N7O3. The highest BCUT2D eigenvalue weighted by Crippen LogP contribution is 2.29. The second-order valence-electron chi connectivity index (χ2n) is 6.60. The van der Waals surface area contributed by atoms with Crippen molar-refractivity contribution in [3.8, 4) is 0 Å². The molecule has 0 atom stereocenters. The summed E-state index contributed by atoms with van der Waals surface area (Å²) >= 11 is 0. The van der Waals surface area contributed by atoms with Gasteiger partial charge in [-0.05, 0) is 26.2 Å². The van der Waals surface area contributed by atoms with E-state index in [9.17, 15) is 14.9 Å². The second-order valence-corrected chi connectivity index (χ2v) is 6.60. The number of rotatable bonds is 8. The smallest absolute Gasteiger partial charge is 0.293 e. The number of hydrogen-bond donors (Lipinski definition) is 1. The summed E-state index contributed by atoms with van der Waals surface area (Å²) in [5, 5.41) is 18.8. The van der Waals surface area contributed by atoms with Gasteiger partial charge in [-0.25, -0.2) is 4.98 Å². The van der Waals surface area contributed by atoms with Gasteiger partial charge in [0.2, 0.25) is 5.78 Å². The lowest BCUT2D eigenvalue weighted by atomic mass is 10.1. The van der Waals surface area contributed by atoms with Crippen molar-refractivity contribution >= 4 is 22.8 Å². The van der Waals surface area contributed by atoms with Gasteiger partial charge in [-0.3, -0.25) is 19.6 Å². The van der Waals surface area contributed by atoms with E-state index in [1.165, 1.54) is 18.3 Å². The third-order valence-electron chi connectivity index (χ3n) is 4.17. The Morgan fingerprint density at radius 1 is 1.36 bits per heavy atom. The van der Waals surface area contributed by atoms with Crippen molar-refractivity contribution in [2.45, 2.75) is 6.54 Å². The molecule has 0 unspecified atom stereocenters. The second kappa shape index (κ2) is 8.01. The Bertz CT molecular complexity index is 1010. The van der Waals surface area contributed by atoms with Crippen molar-refractivity contribution in [1.29, 1.82) is 0 Å². The minimum absolute atomic E-state index is 0.193. The number of aryl methyl sites for hydroxylation is 1. The van der Waals surface area contributed by atoms with E-state index in [1.807, 2.05) is 19.0 Å². The van der Waals surface area contributed by atoms with Crippen LogP contribution in [0, 0.1) is 10.1 Å². The summed E-state index contributed by atoms with van der Waals surface area (Å²) in [5.41, 5.74) is 0.924. The minimum Gasteiger partial charge on any atom is -0.347 e. The van der Waals surface area contributed by atoms with Gasteiger partial charge in [0, 0.05) is 43.8 Å². The zero-order valence-electron chi connectivity index (χ0n) is 15.9. The molecule has 0 radical (unpaired) electrons. The molecule has 2 heterocycles. The fraction of sp³-hybridized carbons (Fsp3) is 0.278. The maximum Gasteiger partial charge on any atom is 0.293 e. The number of anilines is 2. The van der Waals surface area contributed by atoms with Crippen molar-refractivity contribution in [3.05, 3.63) is 64.5 Å². The van der Waals surface area contributed by atoms with E-state index in [4.69, 9.17) is 0 Å². The third-order valence-corrected chi connectivity index (χ3v) is 4.17. The molecule has 0 aliphatic rings. The van der Waals surface area contributed by atoms with Gasteiger partial charge in [0.25, 0.3) is 5.69 Å². The van der Waals surface area contributed by atoms with Gasteiger partial charge in [0.15, 0.2) is 5.82 Å². The largest absolute Gasteiger partial charge is 0.347 e. The summed E-state index contributed by atoms with van der Waals surface area (Å²) in [5.74, 6) is -0.157. The number of nitro benzene ring substituents is 1. The number of benzene rings is 1. The predicted molar refractivity (Wildman–Crippen MR) is 104 cm³/mol.